The van der Waals surface area contributed by atoms with Crippen LogP contribution in [0.25, 0.3) is 0 Å². The van der Waals surface area contributed by atoms with Crippen molar-refractivity contribution in [2.24, 2.45) is 0 Å². The molecule has 20 heavy (non-hydrogen) atoms. The molecule has 0 aliphatic carbocycles. The van der Waals surface area contributed by atoms with Crippen LogP contribution in [-0.4, -0.2) is 17.6 Å². The minimum Gasteiger partial charge on any atom is -0.473 e. The minimum atomic E-state index is -0.391. The van der Waals surface area contributed by atoms with Crippen LogP contribution in [0.1, 0.15) is 22.8 Å². The quantitative estimate of drug-likeness (QED) is 0.791. The van der Waals surface area contributed by atoms with Gasteiger partial charge in [0.2, 0.25) is 5.88 Å². The summed E-state index contributed by atoms with van der Waals surface area (Å²) >= 11 is 6.03. The van der Waals surface area contributed by atoms with Crippen molar-refractivity contribution in [2.75, 3.05) is 6.61 Å². The number of halogens is 1. The Morgan fingerprint density at radius 3 is 2.70 bits per heavy atom. The van der Waals surface area contributed by atoms with Crippen LogP contribution in [-0.2, 0) is 11.3 Å². The predicted molar refractivity (Wildman–Crippen MR) is 76.0 cm³/mol. The molecule has 4 nitrogen and oxygen atoms in total. The van der Waals surface area contributed by atoms with Crippen molar-refractivity contribution < 1.29 is 14.3 Å². The highest BCUT2D eigenvalue weighted by Crippen LogP contribution is 2.17. The van der Waals surface area contributed by atoms with E-state index in [0.29, 0.717) is 29.7 Å². The van der Waals surface area contributed by atoms with Gasteiger partial charge in [-0.2, -0.15) is 0 Å². The summed E-state index contributed by atoms with van der Waals surface area (Å²) in [7, 11) is 0. The maximum atomic E-state index is 11.5. The molecule has 0 fully saturated rings. The van der Waals surface area contributed by atoms with Crippen LogP contribution in [0.2, 0.25) is 5.02 Å². The van der Waals surface area contributed by atoms with Crippen LogP contribution in [0.3, 0.4) is 0 Å². The third kappa shape index (κ3) is 3.71. The molecule has 1 aromatic carbocycles. The van der Waals surface area contributed by atoms with Gasteiger partial charge in [-0.05, 0) is 19.1 Å². The van der Waals surface area contributed by atoms with Gasteiger partial charge < -0.3 is 9.47 Å². The third-order valence-electron chi connectivity index (χ3n) is 2.58. The first-order valence-corrected chi connectivity index (χ1v) is 6.58. The monoisotopic (exact) mass is 291 g/mol. The lowest BCUT2D eigenvalue weighted by Gasteiger charge is -2.07. The average molecular weight is 292 g/mol. The van der Waals surface area contributed by atoms with Gasteiger partial charge >= 0.3 is 5.97 Å². The second-order valence-electron chi connectivity index (χ2n) is 3.99. The molecule has 0 atom stereocenters. The first kappa shape index (κ1) is 14.3. The second kappa shape index (κ2) is 6.91. The van der Waals surface area contributed by atoms with E-state index in [9.17, 15) is 4.79 Å². The molecular formula is C15H14ClNO3. The van der Waals surface area contributed by atoms with E-state index in [4.69, 9.17) is 21.1 Å². The van der Waals surface area contributed by atoms with Gasteiger partial charge in [-0.1, -0.05) is 29.8 Å². The first-order chi connectivity index (χ1) is 9.70. The van der Waals surface area contributed by atoms with Crippen molar-refractivity contribution >= 4 is 17.6 Å². The largest absolute Gasteiger partial charge is 0.473 e. The van der Waals surface area contributed by atoms with E-state index >= 15 is 0 Å². The molecule has 1 heterocycles. The number of hydrogen-bond donors (Lipinski definition) is 0. The molecule has 0 radical (unpaired) electrons. The van der Waals surface area contributed by atoms with Crippen molar-refractivity contribution in [1.29, 1.82) is 0 Å². The van der Waals surface area contributed by atoms with Crippen LogP contribution in [0, 0.1) is 0 Å². The Balaban J connectivity index is 1.98. The number of ether oxygens (including phenoxy) is 2. The predicted octanol–water partition coefficient (Wildman–Crippen LogP) is 3.49. The molecule has 0 saturated carbocycles. The van der Waals surface area contributed by atoms with E-state index in [0.717, 1.165) is 5.56 Å². The van der Waals surface area contributed by atoms with Gasteiger partial charge in [-0.15, -0.1) is 0 Å². The number of carbonyl (C=O) groups is 1. The van der Waals surface area contributed by atoms with Gasteiger partial charge in [-0.25, -0.2) is 9.78 Å². The number of carbonyl (C=O) groups excluding carboxylic acids is 1. The Kier molecular flexibility index (Phi) is 4.96. The second-order valence-corrected chi connectivity index (χ2v) is 4.39. The lowest BCUT2D eigenvalue weighted by atomic mass is 10.2. The first-order valence-electron chi connectivity index (χ1n) is 6.20. The summed E-state index contributed by atoms with van der Waals surface area (Å²) < 4.78 is 10.4. The number of aromatic nitrogens is 1. The van der Waals surface area contributed by atoms with Gasteiger partial charge in [-0.3, -0.25) is 0 Å². The normalized spacial score (nSPS) is 10.1. The Morgan fingerprint density at radius 1 is 1.25 bits per heavy atom. The van der Waals surface area contributed by atoms with E-state index in [1.165, 1.54) is 6.20 Å². The molecule has 1 aromatic heterocycles. The van der Waals surface area contributed by atoms with Crippen molar-refractivity contribution in [3.05, 3.63) is 58.7 Å². The van der Waals surface area contributed by atoms with E-state index in [2.05, 4.69) is 4.98 Å². The molecule has 0 aliphatic heterocycles. The molecule has 0 aliphatic rings. The summed E-state index contributed by atoms with van der Waals surface area (Å²) in [4.78, 5) is 15.5. The molecule has 0 spiro atoms. The molecule has 0 N–H and O–H groups in total. The number of esters is 1. The fraction of sp³-hybridized carbons (Fsp3) is 0.200. The highest BCUT2D eigenvalue weighted by Gasteiger charge is 2.07. The van der Waals surface area contributed by atoms with Crippen LogP contribution >= 0.6 is 11.6 Å². The molecule has 104 valence electrons. The Bertz CT molecular complexity index is 584. The summed E-state index contributed by atoms with van der Waals surface area (Å²) in [6.07, 6.45) is 1.43. The molecule has 2 aromatic rings. The number of nitrogens with zero attached hydrogens (tertiary/aromatic N) is 1. The zero-order valence-corrected chi connectivity index (χ0v) is 11.8. The highest BCUT2D eigenvalue weighted by atomic mass is 35.5. The van der Waals surface area contributed by atoms with Crippen LogP contribution in [0.15, 0.2) is 42.6 Å². The van der Waals surface area contributed by atoms with E-state index in [-0.39, 0.29) is 0 Å². The van der Waals surface area contributed by atoms with Crippen molar-refractivity contribution in [3.8, 4) is 5.88 Å². The zero-order valence-electron chi connectivity index (χ0n) is 11.0. The van der Waals surface area contributed by atoms with Gasteiger partial charge in [0, 0.05) is 22.8 Å². The standard InChI is InChI=1S/C15H14ClNO3/c1-2-19-15(18)11-7-8-14(17-9-11)20-10-12-5-3-4-6-13(12)16/h3-9H,2,10H2,1H3. The molecule has 0 amide bonds. The third-order valence-corrected chi connectivity index (χ3v) is 2.95. The summed E-state index contributed by atoms with van der Waals surface area (Å²) in [5.74, 6) is 0.0376. The van der Waals surface area contributed by atoms with Crippen LogP contribution in [0.4, 0.5) is 0 Å². The average Bonchev–Trinajstić information content (AvgIpc) is 2.47. The molecule has 0 saturated heterocycles. The Hall–Kier alpha value is -2.07. The molecule has 0 bridgehead atoms. The van der Waals surface area contributed by atoms with E-state index < -0.39 is 5.97 Å². The molecule has 0 unspecified atom stereocenters. The Labute approximate surface area is 122 Å². The smallest absolute Gasteiger partial charge is 0.339 e. The maximum Gasteiger partial charge on any atom is 0.339 e. The molecule has 5 heteroatoms. The fourth-order valence-electron chi connectivity index (χ4n) is 1.57. The summed E-state index contributed by atoms with van der Waals surface area (Å²) in [6, 6.07) is 10.7. The zero-order chi connectivity index (χ0) is 14.4. The minimum absolute atomic E-state index is 0.325. The maximum absolute atomic E-state index is 11.5. The van der Waals surface area contributed by atoms with Crippen LogP contribution in [0.5, 0.6) is 5.88 Å². The number of hydrogen-bond acceptors (Lipinski definition) is 4. The Morgan fingerprint density at radius 2 is 2.05 bits per heavy atom. The van der Waals surface area contributed by atoms with Gasteiger partial charge in [0.1, 0.15) is 6.61 Å². The lowest BCUT2D eigenvalue weighted by Crippen LogP contribution is -2.05. The van der Waals surface area contributed by atoms with Gasteiger partial charge in [0.25, 0.3) is 0 Å². The summed E-state index contributed by atoms with van der Waals surface area (Å²) in [5, 5.41) is 0.649. The van der Waals surface area contributed by atoms with Crippen LogP contribution < -0.4 is 4.74 Å². The SMILES string of the molecule is CCOC(=O)c1ccc(OCc2ccccc2Cl)nc1. The van der Waals surface area contributed by atoms with E-state index in [1.54, 1.807) is 25.1 Å². The van der Waals surface area contributed by atoms with E-state index in [1.807, 2.05) is 18.2 Å². The van der Waals surface area contributed by atoms with Gasteiger partial charge in [0.05, 0.1) is 12.2 Å². The van der Waals surface area contributed by atoms with Gasteiger partial charge in [0.15, 0.2) is 0 Å². The number of pyridine rings is 1. The topological polar surface area (TPSA) is 48.4 Å². The molecule has 2 rings (SSSR count). The fourth-order valence-corrected chi connectivity index (χ4v) is 1.76. The summed E-state index contributed by atoms with van der Waals surface area (Å²) in [6.45, 7) is 2.42. The van der Waals surface area contributed by atoms with Crippen molar-refractivity contribution in [3.63, 3.8) is 0 Å². The molecular weight excluding hydrogens is 278 g/mol. The number of benzene rings is 1. The lowest BCUT2D eigenvalue weighted by molar-refractivity contribution is 0.0526. The van der Waals surface area contributed by atoms with Crippen molar-refractivity contribution in [1.82, 2.24) is 4.98 Å². The number of rotatable bonds is 5. The van der Waals surface area contributed by atoms with Crippen molar-refractivity contribution in [2.45, 2.75) is 13.5 Å². The summed E-state index contributed by atoms with van der Waals surface area (Å²) in [5.41, 5.74) is 1.28. The highest BCUT2D eigenvalue weighted by molar-refractivity contribution is 6.31.